The summed E-state index contributed by atoms with van der Waals surface area (Å²) in [5.41, 5.74) is 4.83. The van der Waals surface area contributed by atoms with Crippen molar-refractivity contribution in [1.29, 1.82) is 0 Å². The molecule has 1 aromatic heterocycles. The fourth-order valence-electron chi connectivity index (χ4n) is 4.29. The van der Waals surface area contributed by atoms with Crippen molar-refractivity contribution in [2.45, 2.75) is 6.04 Å². The topological polar surface area (TPSA) is 56.8 Å². The molecule has 6 nitrogen and oxygen atoms in total. The number of hydrogen-bond acceptors (Lipinski definition) is 5. The smallest absolute Gasteiger partial charge is 0.273 e. The Labute approximate surface area is 206 Å². The van der Waals surface area contributed by atoms with Gasteiger partial charge in [0.05, 0.1) is 15.6 Å². The van der Waals surface area contributed by atoms with E-state index in [9.17, 15) is 9.59 Å². The van der Waals surface area contributed by atoms with Crippen molar-refractivity contribution in [1.82, 2.24) is 19.7 Å². The van der Waals surface area contributed by atoms with Crippen LogP contribution < -0.4 is 0 Å². The molecule has 0 saturated carbocycles. The molecule has 0 bridgehead atoms. The van der Waals surface area contributed by atoms with Crippen LogP contribution in [0.25, 0.3) is 11.1 Å². The summed E-state index contributed by atoms with van der Waals surface area (Å²) < 4.78 is 0. The number of aromatic nitrogens is 1. The average Bonchev–Trinajstić information content (AvgIpc) is 3.35. The Bertz CT molecular complexity index is 1160. The number of amides is 2. The molecule has 2 amide bonds. The van der Waals surface area contributed by atoms with E-state index in [1.54, 1.807) is 17.0 Å². The molecule has 0 unspecified atom stereocenters. The van der Waals surface area contributed by atoms with Gasteiger partial charge in [0.2, 0.25) is 0 Å². The number of rotatable bonds is 4. The van der Waals surface area contributed by atoms with Crippen LogP contribution in [0.4, 0.5) is 0 Å². The van der Waals surface area contributed by atoms with E-state index in [2.05, 4.69) is 9.88 Å². The van der Waals surface area contributed by atoms with Crippen LogP contribution in [0.2, 0.25) is 10.0 Å². The first-order valence-electron chi connectivity index (χ1n) is 10.8. The minimum Gasteiger partial charge on any atom is -0.335 e. The molecule has 170 valence electrons. The van der Waals surface area contributed by atoms with Gasteiger partial charge in [-0.2, -0.15) is 0 Å². The van der Waals surface area contributed by atoms with E-state index < -0.39 is 0 Å². The maximum absolute atomic E-state index is 12.9. The van der Waals surface area contributed by atoms with Crippen molar-refractivity contribution < 1.29 is 9.59 Å². The molecule has 2 aliphatic rings. The first-order chi connectivity index (χ1) is 16.0. The zero-order valence-electron chi connectivity index (χ0n) is 17.8. The Morgan fingerprint density at radius 3 is 2.18 bits per heavy atom. The van der Waals surface area contributed by atoms with E-state index in [1.807, 2.05) is 46.2 Å². The Morgan fingerprint density at radius 1 is 0.848 bits per heavy atom. The quantitative estimate of drug-likeness (QED) is 0.532. The molecule has 0 aliphatic carbocycles. The summed E-state index contributed by atoms with van der Waals surface area (Å²) in [6.07, 6.45) is 0. The van der Waals surface area contributed by atoms with Gasteiger partial charge in [-0.15, -0.1) is 11.3 Å². The van der Waals surface area contributed by atoms with Gasteiger partial charge in [0, 0.05) is 56.3 Å². The monoisotopic (exact) mass is 500 g/mol. The van der Waals surface area contributed by atoms with E-state index >= 15 is 0 Å². The van der Waals surface area contributed by atoms with Crippen LogP contribution in [0.5, 0.6) is 0 Å². The van der Waals surface area contributed by atoms with Gasteiger partial charge in [0.25, 0.3) is 11.8 Å². The highest BCUT2D eigenvalue weighted by atomic mass is 35.5. The highest BCUT2D eigenvalue weighted by Gasteiger charge is 2.37. The lowest BCUT2D eigenvalue weighted by molar-refractivity contribution is 0.00844. The molecule has 0 radical (unpaired) electrons. The highest BCUT2D eigenvalue weighted by molar-refractivity contribution is 7.07. The molecule has 2 aliphatic heterocycles. The third kappa shape index (κ3) is 4.64. The first-order valence-corrected chi connectivity index (χ1v) is 12.5. The van der Waals surface area contributed by atoms with Crippen LogP contribution in [0.1, 0.15) is 20.8 Å². The van der Waals surface area contributed by atoms with E-state index in [0.29, 0.717) is 53.5 Å². The van der Waals surface area contributed by atoms with Gasteiger partial charge in [0.15, 0.2) is 0 Å². The summed E-state index contributed by atoms with van der Waals surface area (Å²) in [5, 5.41) is 2.82. The number of nitrogens with zero attached hydrogens (tertiary/aromatic N) is 4. The van der Waals surface area contributed by atoms with Crippen LogP contribution in [-0.2, 0) is 0 Å². The number of likely N-dealkylation sites (tertiary alicyclic amines) is 1. The maximum atomic E-state index is 12.9. The fourth-order valence-corrected chi connectivity index (χ4v) is 5.11. The predicted molar refractivity (Wildman–Crippen MR) is 131 cm³/mol. The average molecular weight is 501 g/mol. The normalized spacial score (nSPS) is 17.2. The third-order valence-corrected chi connectivity index (χ3v) is 7.63. The maximum Gasteiger partial charge on any atom is 0.273 e. The number of thiazole rings is 1. The lowest BCUT2D eigenvalue weighted by atomic mass is 10.0. The number of halogens is 2. The van der Waals surface area contributed by atoms with Crippen LogP contribution in [-0.4, -0.2) is 76.8 Å². The van der Waals surface area contributed by atoms with Crippen molar-refractivity contribution in [3.8, 4) is 11.1 Å². The lowest BCUT2D eigenvalue weighted by Crippen LogP contribution is -2.64. The van der Waals surface area contributed by atoms with Crippen LogP contribution in [0.3, 0.4) is 0 Å². The summed E-state index contributed by atoms with van der Waals surface area (Å²) in [6, 6.07) is 13.4. The second-order valence-electron chi connectivity index (χ2n) is 8.27. The zero-order valence-corrected chi connectivity index (χ0v) is 20.1. The van der Waals surface area contributed by atoms with Crippen molar-refractivity contribution in [2.24, 2.45) is 0 Å². The molecule has 2 aromatic carbocycles. The predicted octanol–water partition coefficient (Wildman–Crippen LogP) is 4.40. The van der Waals surface area contributed by atoms with Gasteiger partial charge in [-0.05, 0) is 35.4 Å². The first kappa shape index (κ1) is 22.3. The largest absolute Gasteiger partial charge is 0.335 e. The number of piperazine rings is 1. The molecule has 2 saturated heterocycles. The van der Waals surface area contributed by atoms with Crippen molar-refractivity contribution in [3.63, 3.8) is 0 Å². The van der Waals surface area contributed by atoms with Gasteiger partial charge >= 0.3 is 0 Å². The van der Waals surface area contributed by atoms with E-state index in [-0.39, 0.29) is 11.8 Å². The molecule has 5 rings (SSSR count). The van der Waals surface area contributed by atoms with Crippen molar-refractivity contribution in [3.05, 3.63) is 74.7 Å². The summed E-state index contributed by atoms with van der Waals surface area (Å²) in [7, 11) is 0. The minimum atomic E-state index is 0.00521. The second-order valence-corrected chi connectivity index (χ2v) is 9.81. The number of carbonyl (C=O) groups is 2. The second kappa shape index (κ2) is 9.43. The Balaban J connectivity index is 1.13. The molecule has 2 fully saturated rings. The molecule has 3 heterocycles. The number of carbonyl (C=O) groups excluding carboxylic acids is 2. The van der Waals surface area contributed by atoms with E-state index in [1.165, 1.54) is 11.3 Å². The Hall–Kier alpha value is -2.45. The van der Waals surface area contributed by atoms with E-state index in [0.717, 1.165) is 24.2 Å². The fraction of sp³-hybridized carbons (Fsp3) is 0.292. The summed E-state index contributed by atoms with van der Waals surface area (Å²) in [6.45, 7) is 4.45. The molecule has 33 heavy (non-hydrogen) atoms. The Kier molecular flexibility index (Phi) is 6.38. The molecule has 0 spiro atoms. The highest BCUT2D eigenvalue weighted by Crippen LogP contribution is 2.29. The number of hydrogen-bond donors (Lipinski definition) is 0. The van der Waals surface area contributed by atoms with Crippen LogP contribution >= 0.6 is 34.5 Å². The third-order valence-electron chi connectivity index (χ3n) is 6.30. The number of benzene rings is 2. The van der Waals surface area contributed by atoms with Gasteiger partial charge in [-0.25, -0.2) is 4.98 Å². The molecule has 3 aromatic rings. The van der Waals surface area contributed by atoms with Gasteiger partial charge in [0.1, 0.15) is 5.69 Å². The van der Waals surface area contributed by atoms with Gasteiger partial charge < -0.3 is 9.80 Å². The SMILES string of the molecule is O=C(c1ccc(-c2ccc(Cl)c(Cl)c2)cc1)N1CC(N2CCN(C(=O)c3cscn3)CC2)C1. The summed E-state index contributed by atoms with van der Waals surface area (Å²) >= 11 is 13.6. The summed E-state index contributed by atoms with van der Waals surface area (Å²) in [4.78, 5) is 35.6. The van der Waals surface area contributed by atoms with Gasteiger partial charge in [-0.3, -0.25) is 14.5 Å². The molecule has 0 atom stereocenters. The van der Waals surface area contributed by atoms with Gasteiger partial charge in [-0.1, -0.05) is 41.4 Å². The zero-order chi connectivity index (χ0) is 22.9. The minimum absolute atomic E-state index is 0.00521. The molecule has 0 N–H and O–H groups in total. The Morgan fingerprint density at radius 2 is 1.55 bits per heavy atom. The molecular weight excluding hydrogens is 479 g/mol. The van der Waals surface area contributed by atoms with Crippen LogP contribution in [0.15, 0.2) is 53.4 Å². The van der Waals surface area contributed by atoms with Crippen LogP contribution in [0, 0.1) is 0 Å². The van der Waals surface area contributed by atoms with Crippen molar-refractivity contribution >= 4 is 46.4 Å². The lowest BCUT2D eigenvalue weighted by Gasteiger charge is -2.48. The summed E-state index contributed by atoms with van der Waals surface area (Å²) in [5.74, 6) is 0.0508. The molecule has 9 heteroatoms. The van der Waals surface area contributed by atoms with Crippen molar-refractivity contribution in [2.75, 3.05) is 39.3 Å². The molecular formula is C24H22Cl2N4O2S. The van der Waals surface area contributed by atoms with E-state index in [4.69, 9.17) is 23.2 Å². The standard InChI is InChI=1S/C24H22Cl2N4O2S/c25-20-6-5-18(11-21(20)26)16-1-3-17(4-2-16)23(31)30-12-19(13-30)28-7-9-29(10-8-28)24(32)22-14-33-15-27-22/h1-6,11,14-15,19H,7-10,12-13H2.